The maximum atomic E-state index is 11.3. The van der Waals surface area contributed by atoms with E-state index in [-0.39, 0.29) is 17.3 Å². The molecule has 1 amide bonds. The fourth-order valence-electron chi connectivity index (χ4n) is 2.28. The molecule has 1 heterocycles. The van der Waals surface area contributed by atoms with Gasteiger partial charge in [0.15, 0.2) is 0 Å². The monoisotopic (exact) mass is 281 g/mol. The second-order valence-corrected chi connectivity index (χ2v) is 4.49. The highest BCUT2D eigenvalue weighted by molar-refractivity contribution is 5.95. The van der Waals surface area contributed by atoms with Crippen molar-refractivity contribution in [3.63, 3.8) is 0 Å². The molecule has 0 bridgehead atoms. The molecular formula is C15H11N3O3. The van der Waals surface area contributed by atoms with Gasteiger partial charge in [-0.2, -0.15) is 0 Å². The highest BCUT2D eigenvalue weighted by atomic mass is 16.3. The van der Waals surface area contributed by atoms with Gasteiger partial charge in [0, 0.05) is 16.3 Å². The van der Waals surface area contributed by atoms with Gasteiger partial charge in [-0.3, -0.25) is 9.36 Å². The fraction of sp³-hybridized carbons (Fsp3) is 0. The fourth-order valence-corrected chi connectivity index (χ4v) is 2.28. The van der Waals surface area contributed by atoms with Crippen LogP contribution >= 0.6 is 0 Å². The van der Waals surface area contributed by atoms with Crippen molar-refractivity contribution in [2.45, 2.75) is 0 Å². The molecule has 6 nitrogen and oxygen atoms in total. The second kappa shape index (κ2) is 4.75. The van der Waals surface area contributed by atoms with Crippen LogP contribution < -0.4 is 0 Å². The van der Waals surface area contributed by atoms with E-state index in [1.807, 2.05) is 0 Å². The highest BCUT2D eigenvalue weighted by Crippen LogP contribution is 2.38. The lowest BCUT2D eigenvalue weighted by atomic mass is 10.2. The van der Waals surface area contributed by atoms with E-state index >= 15 is 0 Å². The maximum Gasteiger partial charge on any atom is 0.294 e. The number of amides is 1. The van der Waals surface area contributed by atoms with E-state index in [4.69, 9.17) is 5.53 Å². The van der Waals surface area contributed by atoms with Gasteiger partial charge in [-0.05, 0) is 36.4 Å². The van der Waals surface area contributed by atoms with Gasteiger partial charge in [-0.25, -0.2) is 5.53 Å². The number of rotatable bonds is 2. The van der Waals surface area contributed by atoms with E-state index in [0.717, 1.165) is 0 Å². The Morgan fingerprint density at radius 3 is 1.95 bits per heavy atom. The van der Waals surface area contributed by atoms with Crippen molar-refractivity contribution >= 4 is 16.7 Å². The van der Waals surface area contributed by atoms with Crippen LogP contribution in [0.25, 0.3) is 16.5 Å². The smallest absolute Gasteiger partial charge is 0.294 e. The van der Waals surface area contributed by atoms with Crippen LogP contribution in [0.4, 0.5) is 0 Å². The molecule has 3 aromatic rings. The number of hydrogen-bond donors (Lipinski definition) is 3. The second-order valence-electron chi connectivity index (χ2n) is 4.49. The van der Waals surface area contributed by atoms with E-state index < -0.39 is 5.91 Å². The average Bonchev–Trinajstić information content (AvgIpc) is 2.79. The topological polar surface area (TPSA) is 98.7 Å². The Morgan fingerprint density at radius 2 is 1.48 bits per heavy atom. The summed E-state index contributed by atoms with van der Waals surface area (Å²) in [6, 6.07) is 13.0. The van der Waals surface area contributed by atoms with Crippen LogP contribution in [0.1, 0.15) is 10.4 Å². The molecule has 0 spiro atoms. The minimum atomic E-state index is -0.646. The first-order valence-electron chi connectivity index (χ1n) is 6.17. The summed E-state index contributed by atoms with van der Waals surface area (Å²) in [6.45, 7) is 0. The number of fused-ring (bicyclic) bond motifs is 1. The van der Waals surface area contributed by atoms with Gasteiger partial charge in [0.2, 0.25) is 11.8 Å². The summed E-state index contributed by atoms with van der Waals surface area (Å²) in [7, 11) is 0. The number of nitrogens with zero attached hydrogens (tertiary/aromatic N) is 2. The van der Waals surface area contributed by atoms with Crippen LogP contribution in [0.3, 0.4) is 0 Å². The zero-order valence-electron chi connectivity index (χ0n) is 10.8. The number of benzene rings is 2. The zero-order chi connectivity index (χ0) is 15.0. The van der Waals surface area contributed by atoms with Gasteiger partial charge in [-0.15, -0.1) is 5.11 Å². The number of hydrogen-bond acceptors (Lipinski definition) is 4. The van der Waals surface area contributed by atoms with Crippen LogP contribution in [-0.4, -0.2) is 20.7 Å². The molecule has 0 aliphatic carbocycles. The third-order valence-corrected chi connectivity index (χ3v) is 3.31. The minimum absolute atomic E-state index is 0.0765. The summed E-state index contributed by atoms with van der Waals surface area (Å²) in [5.74, 6) is -0.799. The Morgan fingerprint density at radius 1 is 0.952 bits per heavy atom. The Labute approximate surface area is 119 Å². The first kappa shape index (κ1) is 12.9. The number of aromatic hydroxyl groups is 2. The summed E-state index contributed by atoms with van der Waals surface area (Å²) < 4.78 is 1.29. The van der Waals surface area contributed by atoms with E-state index in [0.29, 0.717) is 16.5 Å². The molecule has 104 valence electrons. The van der Waals surface area contributed by atoms with Crippen LogP contribution in [0.15, 0.2) is 53.6 Å². The average molecular weight is 281 g/mol. The quantitative estimate of drug-likeness (QED) is 0.629. The van der Waals surface area contributed by atoms with Gasteiger partial charge in [0.25, 0.3) is 5.91 Å². The SMILES string of the molecule is N=NC(=O)c1ccc(-n2c(O)c3ccccc3c2O)cc1. The first-order chi connectivity index (χ1) is 10.1. The lowest BCUT2D eigenvalue weighted by Crippen LogP contribution is -1.96. The van der Waals surface area contributed by atoms with Gasteiger partial charge in [0.1, 0.15) is 0 Å². The highest BCUT2D eigenvalue weighted by Gasteiger charge is 2.16. The van der Waals surface area contributed by atoms with Crippen LogP contribution in [-0.2, 0) is 0 Å². The zero-order valence-corrected chi connectivity index (χ0v) is 10.8. The van der Waals surface area contributed by atoms with Crippen molar-refractivity contribution in [1.82, 2.24) is 4.57 Å². The van der Waals surface area contributed by atoms with Crippen molar-refractivity contribution in [2.75, 3.05) is 0 Å². The molecule has 6 heteroatoms. The standard InChI is InChI=1S/C15H11N3O3/c16-17-13(19)9-5-7-10(8-6-9)18-14(20)11-3-1-2-4-12(11)15(18)21/h1-8,16,20-21H. The maximum absolute atomic E-state index is 11.3. The number of carbonyl (C=O) groups is 1. The van der Waals surface area contributed by atoms with Gasteiger partial charge < -0.3 is 10.2 Å². The molecule has 0 aliphatic heterocycles. The Balaban J connectivity index is 2.16. The van der Waals surface area contributed by atoms with Crippen LogP contribution in [0, 0.1) is 5.53 Å². The molecule has 1 aromatic heterocycles. The Hall–Kier alpha value is -3.15. The summed E-state index contributed by atoms with van der Waals surface area (Å²) in [4.78, 5) is 11.3. The molecule has 21 heavy (non-hydrogen) atoms. The van der Waals surface area contributed by atoms with Gasteiger partial charge >= 0.3 is 0 Å². The van der Waals surface area contributed by atoms with Crippen LogP contribution in [0.2, 0.25) is 0 Å². The summed E-state index contributed by atoms with van der Waals surface area (Å²) in [5.41, 5.74) is 7.47. The van der Waals surface area contributed by atoms with E-state index in [9.17, 15) is 15.0 Å². The lowest BCUT2D eigenvalue weighted by Gasteiger charge is -2.07. The number of carbonyl (C=O) groups excluding carboxylic acids is 1. The van der Waals surface area contributed by atoms with E-state index in [1.165, 1.54) is 16.7 Å². The molecule has 3 rings (SSSR count). The molecular weight excluding hydrogens is 270 g/mol. The summed E-state index contributed by atoms with van der Waals surface area (Å²) >= 11 is 0. The van der Waals surface area contributed by atoms with Gasteiger partial charge in [-0.1, -0.05) is 12.1 Å². The molecule has 2 aromatic carbocycles. The third-order valence-electron chi connectivity index (χ3n) is 3.31. The van der Waals surface area contributed by atoms with Crippen molar-refractivity contribution < 1.29 is 15.0 Å². The van der Waals surface area contributed by atoms with Crippen molar-refractivity contribution in [3.05, 3.63) is 54.1 Å². The Kier molecular flexibility index (Phi) is 2.91. The molecule has 3 N–H and O–H groups in total. The normalized spacial score (nSPS) is 10.7. The molecule has 0 saturated heterocycles. The van der Waals surface area contributed by atoms with E-state index in [2.05, 4.69) is 5.11 Å². The lowest BCUT2D eigenvalue weighted by molar-refractivity contribution is 0.0991. The first-order valence-corrected chi connectivity index (χ1v) is 6.17. The van der Waals surface area contributed by atoms with Crippen molar-refractivity contribution in [1.29, 1.82) is 5.53 Å². The third kappa shape index (κ3) is 1.93. The van der Waals surface area contributed by atoms with Crippen molar-refractivity contribution in [3.8, 4) is 17.4 Å². The Bertz CT molecular complexity index is 811. The van der Waals surface area contributed by atoms with E-state index in [1.54, 1.807) is 36.4 Å². The van der Waals surface area contributed by atoms with Crippen LogP contribution in [0.5, 0.6) is 11.8 Å². The number of aromatic nitrogens is 1. The molecule has 0 saturated carbocycles. The largest absolute Gasteiger partial charge is 0.494 e. The molecule has 0 fully saturated rings. The minimum Gasteiger partial charge on any atom is -0.494 e. The predicted molar refractivity (Wildman–Crippen MR) is 76.1 cm³/mol. The molecule has 0 atom stereocenters. The summed E-state index contributed by atoms with van der Waals surface area (Å²) in [5, 5.41) is 24.4. The molecule has 0 unspecified atom stereocenters. The van der Waals surface area contributed by atoms with Crippen molar-refractivity contribution in [2.24, 2.45) is 5.11 Å². The van der Waals surface area contributed by atoms with Gasteiger partial charge in [0.05, 0.1) is 5.69 Å². The summed E-state index contributed by atoms with van der Waals surface area (Å²) in [6.07, 6.45) is 0. The molecule has 0 aliphatic rings. The molecule has 0 radical (unpaired) electrons. The number of nitrogens with one attached hydrogen (secondary N) is 1. The predicted octanol–water partition coefficient (Wildman–Crippen LogP) is 3.21.